The molecule has 0 radical (unpaired) electrons. The molecular weight excluding hydrogens is 266 g/mol. The molecule has 0 N–H and O–H groups in total. The number of hydrogen-bond acceptors (Lipinski definition) is 3. The fraction of sp³-hybridized carbons (Fsp3) is 0.562. The Morgan fingerprint density at radius 3 is 3.15 bits per heavy atom. The summed E-state index contributed by atoms with van der Waals surface area (Å²) >= 11 is 1.87. The molecule has 0 aromatic carbocycles. The predicted molar refractivity (Wildman–Crippen MR) is 82.1 cm³/mol. The van der Waals surface area contributed by atoms with Gasteiger partial charge in [-0.2, -0.15) is 0 Å². The second-order valence-corrected chi connectivity index (χ2v) is 7.04. The van der Waals surface area contributed by atoms with E-state index in [2.05, 4.69) is 38.3 Å². The van der Waals surface area contributed by atoms with Gasteiger partial charge in [-0.15, -0.1) is 11.3 Å². The van der Waals surface area contributed by atoms with Crippen molar-refractivity contribution in [1.29, 1.82) is 0 Å². The monoisotopic (exact) mass is 287 g/mol. The maximum atomic E-state index is 4.65. The van der Waals surface area contributed by atoms with Crippen molar-refractivity contribution in [3.63, 3.8) is 0 Å². The molecule has 2 aliphatic rings. The highest BCUT2D eigenvalue weighted by Crippen LogP contribution is 2.29. The zero-order valence-corrected chi connectivity index (χ0v) is 12.6. The zero-order chi connectivity index (χ0) is 13.4. The Morgan fingerprint density at radius 2 is 2.25 bits per heavy atom. The fourth-order valence-electron chi connectivity index (χ4n) is 3.61. The fourth-order valence-corrected chi connectivity index (χ4v) is 4.36. The normalized spacial score (nSPS) is 23.1. The van der Waals surface area contributed by atoms with Gasteiger partial charge in [0.05, 0.1) is 12.0 Å². The van der Waals surface area contributed by atoms with E-state index in [4.69, 9.17) is 0 Å². The van der Waals surface area contributed by atoms with Crippen LogP contribution in [0.5, 0.6) is 0 Å². The van der Waals surface area contributed by atoms with Crippen molar-refractivity contribution in [2.75, 3.05) is 13.1 Å². The molecule has 0 bridgehead atoms. The van der Waals surface area contributed by atoms with Crippen LogP contribution in [-0.2, 0) is 19.4 Å². The van der Waals surface area contributed by atoms with Gasteiger partial charge in [-0.05, 0) is 43.6 Å². The lowest BCUT2D eigenvalue weighted by Crippen LogP contribution is -2.21. The minimum atomic E-state index is 0.643. The molecule has 0 spiro atoms. The SMILES string of the molecule is c1csc(CN2CC[C@@H](n3cnc4c3CCCC4)C2)c1. The van der Waals surface area contributed by atoms with E-state index in [0.29, 0.717) is 6.04 Å². The van der Waals surface area contributed by atoms with E-state index in [1.807, 2.05) is 11.3 Å². The molecule has 0 unspecified atom stereocenters. The zero-order valence-electron chi connectivity index (χ0n) is 11.8. The van der Waals surface area contributed by atoms with Crippen molar-refractivity contribution in [2.45, 2.75) is 44.7 Å². The maximum Gasteiger partial charge on any atom is 0.0954 e. The van der Waals surface area contributed by atoms with Gasteiger partial charge in [0.2, 0.25) is 0 Å². The quantitative estimate of drug-likeness (QED) is 0.864. The minimum Gasteiger partial charge on any atom is -0.330 e. The molecular formula is C16H21N3S. The molecule has 106 valence electrons. The Morgan fingerprint density at radius 1 is 1.30 bits per heavy atom. The van der Waals surface area contributed by atoms with Crippen LogP contribution in [0.4, 0.5) is 0 Å². The van der Waals surface area contributed by atoms with Gasteiger partial charge in [0.15, 0.2) is 0 Å². The van der Waals surface area contributed by atoms with Crippen LogP contribution >= 0.6 is 11.3 Å². The van der Waals surface area contributed by atoms with E-state index >= 15 is 0 Å². The number of fused-ring (bicyclic) bond motifs is 1. The van der Waals surface area contributed by atoms with Crippen molar-refractivity contribution < 1.29 is 0 Å². The van der Waals surface area contributed by atoms with Crippen LogP contribution in [0.15, 0.2) is 23.8 Å². The number of hydrogen-bond donors (Lipinski definition) is 0. The van der Waals surface area contributed by atoms with Gasteiger partial charge in [0.25, 0.3) is 0 Å². The molecule has 4 rings (SSSR count). The molecule has 0 amide bonds. The Bertz CT molecular complexity index is 573. The number of thiophene rings is 1. The third kappa shape index (κ3) is 2.31. The molecule has 0 saturated carbocycles. The maximum absolute atomic E-state index is 4.65. The minimum absolute atomic E-state index is 0.643. The van der Waals surface area contributed by atoms with Gasteiger partial charge >= 0.3 is 0 Å². The Labute approximate surface area is 124 Å². The highest BCUT2D eigenvalue weighted by Gasteiger charge is 2.27. The van der Waals surface area contributed by atoms with E-state index in [1.54, 1.807) is 0 Å². The molecule has 2 aromatic rings. The molecule has 1 atom stereocenters. The number of rotatable bonds is 3. The van der Waals surface area contributed by atoms with Gasteiger partial charge in [-0.3, -0.25) is 4.90 Å². The summed E-state index contributed by atoms with van der Waals surface area (Å²) in [5, 5.41) is 2.18. The molecule has 2 aromatic heterocycles. The van der Waals surface area contributed by atoms with Crippen molar-refractivity contribution in [2.24, 2.45) is 0 Å². The topological polar surface area (TPSA) is 21.1 Å². The molecule has 1 aliphatic carbocycles. The standard InChI is InChI=1S/C16H21N3S/c1-2-6-16-15(5-1)17-12-19(16)13-7-8-18(10-13)11-14-4-3-9-20-14/h3-4,9,12-13H,1-2,5-8,10-11H2/t13-/m1/s1. The average Bonchev–Trinajstić information content (AvgIpc) is 3.18. The summed E-state index contributed by atoms with van der Waals surface area (Å²) in [7, 11) is 0. The summed E-state index contributed by atoms with van der Waals surface area (Å²) in [5.74, 6) is 0. The molecule has 1 fully saturated rings. The second kappa shape index (κ2) is 5.34. The molecule has 3 nitrogen and oxygen atoms in total. The van der Waals surface area contributed by atoms with E-state index in [0.717, 1.165) is 6.54 Å². The first kappa shape index (κ1) is 12.6. The van der Waals surface area contributed by atoms with Crippen LogP contribution in [0.3, 0.4) is 0 Å². The summed E-state index contributed by atoms with van der Waals surface area (Å²) in [6, 6.07) is 5.04. The average molecular weight is 287 g/mol. The number of likely N-dealkylation sites (tertiary alicyclic amines) is 1. The summed E-state index contributed by atoms with van der Waals surface area (Å²) in [4.78, 5) is 8.72. The van der Waals surface area contributed by atoms with Crippen LogP contribution in [0.2, 0.25) is 0 Å². The van der Waals surface area contributed by atoms with Crippen molar-refractivity contribution >= 4 is 11.3 Å². The molecule has 1 saturated heterocycles. The molecule has 20 heavy (non-hydrogen) atoms. The van der Waals surface area contributed by atoms with Gasteiger partial charge in [-0.25, -0.2) is 4.98 Å². The number of imidazole rings is 1. The van der Waals surface area contributed by atoms with Crippen LogP contribution in [-0.4, -0.2) is 27.5 Å². The molecule has 4 heteroatoms. The van der Waals surface area contributed by atoms with Gasteiger partial charge < -0.3 is 4.57 Å². The van der Waals surface area contributed by atoms with E-state index in [9.17, 15) is 0 Å². The van der Waals surface area contributed by atoms with E-state index in [-0.39, 0.29) is 0 Å². The van der Waals surface area contributed by atoms with Crippen LogP contribution in [0.25, 0.3) is 0 Å². The number of aromatic nitrogens is 2. The predicted octanol–water partition coefficient (Wildman–Crippen LogP) is 3.27. The van der Waals surface area contributed by atoms with Crippen molar-refractivity contribution in [3.8, 4) is 0 Å². The third-order valence-corrected chi connectivity index (χ3v) is 5.52. The largest absolute Gasteiger partial charge is 0.330 e. The number of nitrogens with zero attached hydrogens (tertiary/aromatic N) is 3. The van der Waals surface area contributed by atoms with Crippen LogP contribution in [0, 0.1) is 0 Å². The lowest BCUT2D eigenvalue weighted by Gasteiger charge is -2.20. The molecule has 1 aliphatic heterocycles. The lowest BCUT2D eigenvalue weighted by atomic mass is 10.0. The van der Waals surface area contributed by atoms with Crippen molar-refractivity contribution in [1.82, 2.24) is 14.5 Å². The Hall–Kier alpha value is -1.13. The van der Waals surface area contributed by atoms with Gasteiger partial charge in [-0.1, -0.05) is 6.07 Å². The van der Waals surface area contributed by atoms with Crippen LogP contribution < -0.4 is 0 Å². The second-order valence-electron chi connectivity index (χ2n) is 6.01. The Balaban J connectivity index is 1.47. The summed E-state index contributed by atoms with van der Waals surface area (Å²) < 4.78 is 2.49. The molecule has 3 heterocycles. The van der Waals surface area contributed by atoms with Gasteiger partial charge in [0.1, 0.15) is 0 Å². The Kier molecular flexibility index (Phi) is 3.36. The number of aryl methyl sites for hydroxylation is 1. The van der Waals surface area contributed by atoms with Crippen LogP contribution in [0.1, 0.15) is 41.6 Å². The van der Waals surface area contributed by atoms with E-state index < -0.39 is 0 Å². The third-order valence-electron chi connectivity index (χ3n) is 4.66. The highest BCUT2D eigenvalue weighted by molar-refractivity contribution is 7.09. The smallest absolute Gasteiger partial charge is 0.0954 e. The summed E-state index contributed by atoms with van der Waals surface area (Å²) in [6.07, 6.45) is 8.46. The highest BCUT2D eigenvalue weighted by atomic mass is 32.1. The first-order valence-electron chi connectivity index (χ1n) is 7.69. The first-order valence-corrected chi connectivity index (χ1v) is 8.57. The first-order chi connectivity index (χ1) is 9.90. The lowest BCUT2D eigenvalue weighted by molar-refractivity contribution is 0.317. The van der Waals surface area contributed by atoms with Crippen molar-refractivity contribution in [3.05, 3.63) is 40.1 Å². The van der Waals surface area contributed by atoms with E-state index in [1.165, 1.54) is 61.5 Å². The summed E-state index contributed by atoms with van der Waals surface area (Å²) in [6.45, 7) is 3.52. The van der Waals surface area contributed by atoms with Gasteiger partial charge in [0, 0.05) is 36.2 Å². The summed E-state index contributed by atoms with van der Waals surface area (Å²) in [5.41, 5.74) is 2.90.